The maximum Gasteiger partial charge on any atom is 0.253 e. The number of carbonyl (C=O) groups is 1. The molecule has 2 rings (SSSR count). The van der Waals surface area contributed by atoms with Crippen molar-refractivity contribution >= 4 is 5.91 Å². The highest BCUT2D eigenvalue weighted by Crippen LogP contribution is 2.17. The first kappa shape index (κ1) is 20.2. The molecule has 26 heavy (non-hydrogen) atoms. The summed E-state index contributed by atoms with van der Waals surface area (Å²) < 4.78 is 7.27. The maximum atomic E-state index is 12.5. The van der Waals surface area contributed by atoms with Crippen LogP contribution in [0.1, 0.15) is 33.7 Å². The fourth-order valence-corrected chi connectivity index (χ4v) is 3.05. The van der Waals surface area contributed by atoms with Gasteiger partial charge in [-0.25, -0.2) is 0 Å². The predicted molar refractivity (Wildman–Crippen MR) is 106 cm³/mol. The summed E-state index contributed by atoms with van der Waals surface area (Å²) >= 11 is 0. The standard InChI is InChI=1S/C21H31N3O2/c1-17-15-20(18(2)24(17)16-19-9-6-5-7-10-19)21(25)22-11-8-12-23(3)13-14-26-4/h5-7,9-10,15H,8,11-14,16H2,1-4H3,(H,22,25). The Labute approximate surface area is 157 Å². The lowest BCUT2D eigenvalue weighted by Gasteiger charge is -2.15. The van der Waals surface area contributed by atoms with Crippen LogP contribution in [0.15, 0.2) is 36.4 Å². The van der Waals surface area contributed by atoms with Crippen molar-refractivity contribution in [1.29, 1.82) is 0 Å². The van der Waals surface area contributed by atoms with E-state index in [0.717, 1.165) is 49.6 Å². The zero-order valence-electron chi connectivity index (χ0n) is 16.4. The second kappa shape index (κ2) is 10.1. The summed E-state index contributed by atoms with van der Waals surface area (Å²) in [6, 6.07) is 12.3. The van der Waals surface area contributed by atoms with Crippen molar-refractivity contribution < 1.29 is 9.53 Å². The predicted octanol–water partition coefficient (Wildman–Crippen LogP) is 2.85. The Morgan fingerprint density at radius 3 is 2.62 bits per heavy atom. The normalized spacial score (nSPS) is 11.1. The summed E-state index contributed by atoms with van der Waals surface area (Å²) in [5.74, 6) is 0.0111. The SMILES string of the molecule is COCCN(C)CCCNC(=O)c1cc(C)n(Cc2ccccc2)c1C. The molecule has 1 N–H and O–H groups in total. The van der Waals surface area contributed by atoms with E-state index >= 15 is 0 Å². The first-order valence-electron chi connectivity index (χ1n) is 9.19. The Hall–Kier alpha value is -2.11. The van der Waals surface area contributed by atoms with Crippen molar-refractivity contribution in [1.82, 2.24) is 14.8 Å². The molecular weight excluding hydrogens is 326 g/mol. The lowest BCUT2D eigenvalue weighted by atomic mass is 10.2. The van der Waals surface area contributed by atoms with Crippen molar-refractivity contribution in [3.05, 3.63) is 58.9 Å². The van der Waals surface area contributed by atoms with Gasteiger partial charge in [-0.05, 0) is 45.5 Å². The van der Waals surface area contributed by atoms with Gasteiger partial charge < -0.3 is 19.5 Å². The molecule has 0 radical (unpaired) electrons. The quantitative estimate of drug-likeness (QED) is 0.665. The number of methoxy groups -OCH3 is 1. The Morgan fingerprint density at radius 1 is 1.19 bits per heavy atom. The monoisotopic (exact) mass is 357 g/mol. The number of nitrogens with one attached hydrogen (secondary N) is 1. The van der Waals surface area contributed by atoms with Crippen LogP contribution in [0.5, 0.6) is 0 Å². The smallest absolute Gasteiger partial charge is 0.253 e. The highest BCUT2D eigenvalue weighted by atomic mass is 16.5. The summed E-state index contributed by atoms with van der Waals surface area (Å²) in [4.78, 5) is 14.8. The first-order chi connectivity index (χ1) is 12.5. The zero-order valence-corrected chi connectivity index (χ0v) is 16.4. The number of aromatic nitrogens is 1. The Balaban J connectivity index is 1.88. The molecule has 0 atom stereocenters. The van der Waals surface area contributed by atoms with E-state index in [1.165, 1.54) is 5.56 Å². The third-order valence-electron chi connectivity index (χ3n) is 4.68. The second-order valence-corrected chi connectivity index (χ2v) is 6.76. The zero-order chi connectivity index (χ0) is 18.9. The minimum Gasteiger partial charge on any atom is -0.383 e. The van der Waals surface area contributed by atoms with E-state index in [1.807, 2.05) is 31.2 Å². The molecule has 1 aromatic carbocycles. The third-order valence-corrected chi connectivity index (χ3v) is 4.68. The van der Waals surface area contributed by atoms with Crippen molar-refractivity contribution in [2.24, 2.45) is 0 Å². The number of rotatable bonds is 10. The lowest BCUT2D eigenvalue weighted by molar-refractivity contribution is 0.0950. The highest BCUT2D eigenvalue weighted by molar-refractivity contribution is 5.95. The lowest BCUT2D eigenvalue weighted by Crippen LogP contribution is -2.29. The molecule has 0 aliphatic carbocycles. The summed E-state index contributed by atoms with van der Waals surface area (Å²) in [5.41, 5.74) is 4.13. The van der Waals surface area contributed by atoms with E-state index < -0.39 is 0 Å². The van der Waals surface area contributed by atoms with Gasteiger partial charge in [-0.15, -0.1) is 0 Å². The number of amides is 1. The number of hydrogen-bond acceptors (Lipinski definition) is 3. The number of ether oxygens (including phenoxy) is 1. The summed E-state index contributed by atoms with van der Waals surface area (Å²) in [6.45, 7) is 8.12. The van der Waals surface area contributed by atoms with Crippen LogP contribution in [-0.2, 0) is 11.3 Å². The largest absolute Gasteiger partial charge is 0.383 e. The van der Waals surface area contributed by atoms with Gasteiger partial charge in [0.05, 0.1) is 12.2 Å². The molecular formula is C21H31N3O2. The minimum atomic E-state index is 0.0111. The first-order valence-corrected chi connectivity index (χ1v) is 9.19. The molecule has 5 nitrogen and oxygen atoms in total. The average Bonchev–Trinajstić information content (AvgIpc) is 2.92. The molecule has 1 heterocycles. The molecule has 0 aliphatic rings. The van der Waals surface area contributed by atoms with E-state index in [9.17, 15) is 4.79 Å². The van der Waals surface area contributed by atoms with Gasteiger partial charge in [0, 0.05) is 38.1 Å². The van der Waals surface area contributed by atoms with Crippen molar-refractivity contribution in [3.8, 4) is 0 Å². The van der Waals surface area contributed by atoms with Crippen LogP contribution in [-0.4, -0.2) is 55.8 Å². The topological polar surface area (TPSA) is 46.5 Å². The molecule has 0 aliphatic heterocycles. The average molecular weight is 357 g/mol. The third kappa shape index (κ3) is 5.71. The molecule has 0 unspecified atom stereocenters. The summed E-state index contributed by atoms with van der Waals surface area (Å²) in [5, 5.41) is 3.05. The number of aryl methyl sites for hydroxylation is 1. The molecule has 0 fully saturated rings. The molecule has 1 amide bonds. The number of benzene rings is 1. The summed E-state index contributed by atoms with van der Waals surface area (Å²) in [7, 11) is 3.78. The van der Waals surface area contributed by atoms with E-state index in [0.29, 0.717) is 6.54 Å². The summed E-state index contributed by atoms with van der Waals surface area (Å²) in [6.07, 6.45) is 0.925. The van der Waals surface area contributed by atoms with Crippen LogP contribution >= 0.6 is 0 Å². The molecule has 142 valence electrons. The van der Waals surface area contributed by atoms with Gasteiger partial charge in [-0.2, -0.15) is 0 Å². The van der Waals surface area contributed by atoms with Crippen LogP contribution in [0.25, 0.3) is 0 Å². The van der Waals surface area contributed by atoms with Crippen LogP contribution in [0.2, 0.25) is 0 Å². The number of nitrogens with zero attached hydrogens (tertiary/aromatic N) is 2. The molecule has 0 spiro atoms. The maximum absolute atomic E-state index is 12.5. The molecule has 1 aromatic heterocycles. The Morgan fingerprint density at radius 2 is 1.92 bits per heavy atom. The van der Waals surface area contributed by atoms with Crippen LogP contribution in [0.4, 0.5) is 0 Å². The van der Waals surface area contributed by atoms with E-state index in [4.69, 9.17) is 4.74 Å². The van der Waals surface area contributed by atoms with Gasteiger partial charge in [0.25, 0.3) is 5.91 Å². The van der Waals surface area contributed by atoms with E-state index in [2.05, 4.69) is 40.9 Å². The fraction of sp³-hybridized carbons (Fsp3) is 0.476. The molecule has 0 bridgehead atoms. The number of likely N-dealkylation sites (N-methyl/N-ethyl adjacent to an activating group) is 1. The van der Waals surface area contributed by atoms with Crippen molar-refractivity contribution in [3.63, 3.8) is 0 Å². The second-order valence-electron chi connectivity index (χ2n) is 6.76. The van der Waals surface area contributed by atoms with Crippen LogP contribution < -0.4 is 5.32 Å². The number of hydrogen-bond donors (Lipinski definition) is 1. The van der Waals surface area contributed by atoms with E-state index in [1.54, 1.807) is 7.11 Å². The molecule has 0 saturated carbocycles. The van der Waals surface area contributed by atoms with Crippen LogP contribution in [0, 0.1) is 13.8 Å². The van der Waals surface area contributed by atoms with Gasteiger partial charge in [0.15, 0.2) is 0 Å². The van der Waals surface area contributed by atoms with Gasteiger partial charge in [0.2, 0.25) is 0 Å². The Bertz CT molecular complexity index is 695. The number of carbonyl (C=O) groups excluding carboxylic acids is 1. The van der Waals surface area contributed by atoms with Gasteiger partial charge in [-0.3, -0.25) is 4.79 Å². The van der Waals surface area contributed by atoms with Crippen molar-refractivity contribution in [2.75, 3.05) is 40.4 Å². The molecule has 5 heteroatoms. The van der Waals surface area contributed by atoms with Crippen molar-refractivity contribution in [2.45, 2.75) is 26.8 Å². The minimum absolute atomic E-state index is 0.0111. The van der Waals surface area contributed by atoms with Crippen LogP contribution in [0.3, 0.4) is 0 Å². The Kier molecular flexibility index (Phi) is 7.88. The van der Waals surface area contributed by atoms with Gasteiger partial charge >= 0.3 is 0 Å². The van der Waals surface area contributed by atoms with E-state index in [-0.39, 0.29) is 5.91 Å². The van der Waals surface area contributed by atoms with Gasteiger partial charge in [0.1, 0.15) is 0 Å². The fourth-order valence-electron chi connectivity index (χ4n) is 3.05. The molecule has 0 saturated heterocycles. The van der Waals surface area contributed by atoms with Gasteiger partial charge in [-0.1, -0.05) is 30.3 Å². The highest BCUT2D eigenvalue weighted by Gasteiger charge is 2.15. The molecule has 2 aromatic rings.